The smallest absolute Gasteiger partial charge is 0.319 e. The lowest BCUT2D eigenvalue weighted by Crippen LogP contribution is -2.41. The topological polar surface area (TPSA) is 114 Å². The minimum Gasteiger partial charge on any atom is -0.452 e. The molecule has 182 valence electrons. The van der Waals surface area contributed by atoms with E-state index in [1.807, 2.05) is 32.0 Å². The van der Waals surface area contributed by atoms with Gasteiger partial charge in [0.05, 0.1) is 12.3 Å². The summed E-state index contributed by atoms with van der Waals surface area (Å²) in [6.45, 7) is 6.42. The van der Waals surface area contributed by atoms with E-state index in [0.29, 0.717) is 11.4 Å². The quantitative estimate of drug-likeness (QED) is 0.442. The van der Waals surface area contributed by atoms with Crippen molar-refractivity contribution in [2.75, 3.05) is 22.9 Å². The monoisotopic (exact) mass is 489 g/mol. The molecule has 2 atom stereocenters. The van der Waals surface area contributed by atoms with E-state index < -0.39 is 35.0 Å². The summed E-state index contributed by atoms with van der Waals surface area (Å²) in [4.78, 5) is 48.6. The van der Waals surface area contributed by atoms with E-state index in [1.54, 1.807) is 6.92 Å². The molecule has 0 aliphatic heterocycles. The molecule has 3 amide bonds. The highest BCUT2D eigenvalue weighted by molar-refractivity contribution is 8.01. The molecule has 0 fully saturated rings. The lowest BCUT2D eigenvalue weighted by Gasteiger charge is -2.17. The van der Waals surface area contributed by atoms with E-state index in [0.717, 1.165) is 22.9 Å². The number of rotatable bonds is 10. The molecule has 0 saturated carbocycles. The van der Waals surface area contributed by atoms with Crippen LogP contribution in [0.2, 0.25) is 0 Å². The van der Waals surface area contributed by atoms with Crippen molar-refractivity contribution in [3.63, 3.8) is 0 Å². The number of esters is 1. The first-order valence-electron chi connectivity index (χ1n) is 10.6. The largest absolute Gasteiger partial charge is 0.452 e. The molecular weight excluding hydrogens is 461 g/mol. The second-order valence-corrected chi connectivity index (χ2v) is 8.95. The van der Waals surface area contributed by atoms with Gasteiger partial charge in [0, 0.05) is 11.4 Å². The predicted octanol–water partition coefficient (Wildman–Crippen LogP) is 3.19. The number of hydrogen-bond acceptors (Lipinski definition) is 6. The van der Waals surface area contributed by atoms with Gasteiger partial charge in [-0.05, 0) is 63.1 Å². The fourth-order valence-corrected chi connectivity index (χ4v) is 3.49. The molecule has 0 heterocycles. The maximum Gasteiger partial charge on any atom is 0.319 e. The highest BCUT2D eigenvalue weighted by Crippen LogP contribution is 2.19. The third kappa shape index (κ3) is 8.51. The molecule has 0 radical (unpaired) electrons. The number of thioether (sulfide) groups is 1. The fourth-order valence-electron chi connectivity index (χ4n) is 2.83. The lowest BCUT2D eigenvalue weighted by atomic mass is 10.1. The lowest BCUT2D eigenvalue weighted by molar-refractivity contribution is -0.154. The molecule has 3 N–H and O–H groups in total. The molecule has 8 nitrogen and oxygen atoms in total. The van der Waals surface area contributed by atoms with Crippen LogP contribution < -0.4 is 16.0 Å². The Hall–Kier alpha value is -3.40. The van der Waals surface area contributed by atoms with Crippen LogP contribution in [0.25, 0.3) is 0 Å². The summed E-state index contributed by atoms with van der Waals surface area (Å²) in [5.41, 5.74) is 2.93. The molecule has 2 unspecified atom stereocenters. The van der Waals surface area contributed by atoms with Gasteiger partial charge >= 0.3 is 5.97 Å². The van der Waals surface area contributed by atoms with Crippen LogP contribution >= 0.6 is 11.8 Å². The molecule has 0 spiro atoms. The minimum atomic E-state index is -1.11. The average Bonchev–Trinajstić information content (AvgIpc) is 2.79. The Kier molecular flexibility index (Phi) is 10.1. The van der Waals surface area contributed by atoms with Gasteiger partial charge in [0.1, 0.15) is 11.1 Å². The van der Waals surface area contributed by atoms with E-state index in [2.05, 4.69) is 16.0 Å². The first-order chi connectivity index (χ1) is 16.1. The van der Waals surface area contributed by atoms with Crippen LogP contribution in [0.1, 0.15) is 25.0 Å². The number of carbonyl (C=O) groups excluding carboxylic acids is 4. The van der Waals surface area contributed by atoms with Gasteiger partial charge in [-0.3, -0.25) is 19.2 Å². The normalized spacial score (nSPS) is 12.3. The first kappa shape index (κ1) is 26.8. The first-order valence-corrected chi connectivity index (χ1v) is 11.6. The van der Waals surface area contributed by atoms with Crippen LogP contribution in [0.4, 0.5) is 15.8 Å². The minimum absolute atomic E-state index is 0.0350. The van der Waals surface area contributed by atoms with Crippen LogP contribution in [-0.2, 0) is 23.9 Å². The molecule has 2 aromatic rings. The van der Waals surface area contributed by atoms with E-state index in [1.165, 1.54) is 31.2 Å². The average molecular weight is 490 g/mol. The Morgan fingerprint density at radius 3 is 2.18 bits per heavy atom. The summed E-state index contributed by atoms with van der Waals surface area (Å²) < 4.78 is 18.1. The number of hydrogen-bond donors (Lipinski definition) is 3. The number of amides is 3. The summed E-state index contributed by atoms with van der Waals surface area (Å²) in [7, 11) is 0. The molecule has 0 aromatic heterocycles. The molecule has 0 bridgehead atoms. The number of ether oxygens (including phenoxy) is 1. The summed E-state index contributed by atoms with van der Waals surface area (Å²) in [6.07, 6.45) is -1.11. The van der Waals surface area contributed by atoms with Crippen molar-refractivity contribution in [3.8, 4) is 0 Å². The zero-order valence-electron chi connectivity index (χ0n) is 19.4. The van der Waals surface area contributed by atoms with Gasteiger partial charge in [-0.25, -0.2) is 4.39 Å². The standard InChI is InChI=1S/C24H28FN3O5S/c1-14-6-5-7-15(2)22(14)28-20(29)12-26-23(31)16(3)33-24(32)17(4)34-13-21(30)27-19-10-8-18(25)9-11-19/h5-11,16-17H,12-13H2,1-4H3,(H,26,31)(H,27,30)(H,28,29). The molecule has 0 saturated heterocycles. The zero-order chi connectivity index (χ0) is 25.3. The van der Waals surface area contributed by atoms with Crippen molar-refractivity contribution in [3.05, 3.63) is 59.4 Å². The van der Waals surface area contributed by atoms with Crippen molar-refractivity contribution in [2.45, 2.75) is 39.0 Å². The zero-order valence-corrected chi connectivity index (χ0v) is 20.3. The maximum atomic E-state index is 12.9. The Morgan fingerprint density at radius 2 is 1.56 bits per heavy atom. The number of aryl methyl sites for hydroxylation is 2. The van der Waals surface area contributed by atoms with Crippen LogP contribution in [0.5, 0.6) is 0 Å². The van der Waals surface area contributed by atoms with Crippen molar-refractivity contribution >= 4 is 46.8 Å². The summed E-state index contributed by atoms with van der Waals surface area (Å²) in [6, 6.07) is 10.9. The summed E-state index contributed by atoms with van der Waals surface area (Å²) >= 11 is 1.03. The van der Waals surface area contributed by atoms with Gasteiger partial charge in [-0.2, -0.15) is 0 Å². The second-order valence-electron chi connectivity index (χ2n) is 7.62. The molecule has 10 heteroatoms. The molecule has 2 rings (SSSR count). The van der Waals surface area contributed by atoms with Crippen LogP contribution in [-0.4, -0.2) is 47.3 Å². The maximum absolute atomic E-state index is 12.9. The van der Waals surface area contributed by atoms with E-state index in [4.69, 9.17) is 4.74 Å². The van der Waals surface area contributed by atoms with Gasteiger partial charge in [0.15, 0.2) is 6.10 Å². The Bertz CT molecular complexity index is 1030. The Labute approximate surface area is 202 Å². The Morgan fingerprint density at radius 1 is 0.941 bits per heavy atom. The van der Waals surface area contributed by atoms with Crippen molar-refractivity contribution in [2.24, 2.45) is 0 Å². The number of carbonyl (C=O) groups is 4. The number of halogens is 1. The highest BCUT2D eigenvalue weighted by Gasteiger charge is 2.23. The van der Waals surface area contributed by atoms with Gasteiger partial charge in [-0.15, -0.1) is 11.8 Å². The fraction of sp³-hybridized carbons (Fsp3) is 0.333. The van der Waals surface area contributed by atoms with Crippen LogP contribution in [0, 0.1) is 19.7 Å². The van der Waals surface area contributed by atoms with Gasteiger partial charge in [-0.1, -0.05) is 18.2 Å². The van der Waals surface area contributed by atoms with Gasteiger partial charge < -0.3 is 20.7 Å². The predicted molar refractivity (Wildman–Crippen MR) is 130 cm³/mol. The Balaban J connectivity index is 1.72. The van der Waals surface area contributed by atoms with E-state index in [9.17, 15) is 23.6 Å². The van der Waals surface area contributed by atoms with Gasteiger partial charge in [0.2, 0.25) is 11.8 Å². The molecule has 0 aliphatic rings. The van der Waals surface area contributed by atoms with E-state index in [-0.39, 0.29) is 18.2 Å². The van der Waals surface area contributed by atoms with Crippen LogP contribution in [0.15, 0.2) is 42.5 Å². The van der Waals surface area contributed by atoms with Crippen LogP contribution in [0.3, 0.4) is 0 Å². The number of para-hydroxylation sites is 1. The van der Waals surface area contributed by atoms with Crippen molar-refractivity contribution < 1.29 is 28.3 Å². The number of anilines is 2. The van der Waals surface area contributed by atoms with Gasteiger partial charge in [0.25, 0.3) is 5.91 Å². The van der Waals surface area contributed by atoms with Crippen molar-refractivity contribution in [1.82, 2.24) is 5.32 Å². The molecule has 34 heavy (non-hydrogen) atoms. The SMILES string of the molecule is Cc1cccc(C)c1NC(=O)CNC(=O)C(C)OC(=O)C(C)SCC(=O)Nc1ccc(F)cc1. The number of benzene rings is 2. The molecule has 2 aromatic carbocycles. The summed E-state index contributed by atoms with van der Waals surface area (Å²) in [5, 5.41) is 7.09. The summed E-state index contributed by atoms with van der Waals surface area (Å²) in [5.74, 6) is -2.49. The second kappa shape index (κ2) is 12.7. The highest BCUT2D eigenvalue weighted by atomic mass is 32.2. The molecule has 0 aliphatic carbocycles. The van der Waals surface area contributed by atoms with E-state index >= 15 is 0 Å². The third-order valence-corrected chi connectivity index (χ3v) is 5.88. The number of nitrogens with one attached hydrogen (secondary N) is 3. The molecular formula is C24H28FN3O5S. The van der Waals surface area contributed by atoms with Crippen molar-refractivity contribution in [1.29, 1.82) is 0 Å². The third-order valence-electron chi connectivity index (χ3n) is 4.76.